The molecule has 0 saturated carbocycles. The second kappa shape index (κ2) is 6.71. The summed E-state index contributed by atoms with van der Waals surface area (Å²) in [5.74, 6) is 0.766. The highest BCUT2D eigenvalue weighted by molar-refractivity contribution is 5.79. The zero-order valence-electron chi connectivity index (χ0n) is 10.6. The number of hydrogen-bond donors (Lipinski definition) is 1. The molecule has 2 aromatic carbocycles. The van der Waals surface area contributed by atoms with Gasteiger partial charge in [-0.25, -0.2) is 0 Å². The fraction of sp³-hybridized carbons (Fsp3) is 0.188. The van der Waals surface area contributed by atoms with E-state index in [1.165, 1.54) is 0 Å². The van der Waals surface area contributed by atoms with Gasteiger partial charge in [0.05, 0.1) is 6.61 Å². The maximum absolute atomic E-state index is 10.8. The van der Waals surface area contributed by atoms with Crippen LogP contribution in [-0.2, 0) is 0 Å². The SMILES string of the molecule is O=Cc1cccc(-c2cccc(OCCCO)c2)c1. The van der Waals surface area contributed by atoms with Crippen molar-refractivity contribution >= 4 is 6.29 Å². The average molecular weight is 256 g/mol. The number of aliphatic hydroxyl groups excluding tert-OH is 1. The number of carbonyl (C=O) groups is 1. The number of benzene rings is 2. The van der Waals surface area contributed by atoms with Gasteiger partial charge >= 0.3 is 0 Å². The molecule has 0 saturated heterocycles. The Morgan fingerprint density at radius 3 is 2.53 bits per heavy atom. The van der Waals surface area contributed by atoms with Crippen molar-refractivity contribution in [3.8, 4) is 16.9 Å². The molecule has 0 amide bonds. The van der Waals surface area contributed by atoms with E-state index >= 15 is 0 Å². The van der Waals surface area contributed by atoms with Crippen LogP contribution in [-0.4, -0.2) is 24.6 Å². The van der Waals surface area contributed by atoms with Crippen molar-refractivity contribution < 1.29 is 14.6 Å². The summed E-state index contributed by atoms with van der Waals surface area (Å²) in [5.41, 5.74) is 2.64. The fourth-order valence-electron chi connectivity index (χ4n) is 1.81. The number of hydrogen-bond acceptors (Lipinski definition) is 3. The zero-order chi connectivity index (χ0) is 13.5. The minimum absolute atomic E-state index is 0.126. The number of aliphatic hydroxyl groups is 1. The Kier molecular flexibility index (Phi) is 4.70. The third kappa shape index (κ3) is 3.66. The lowest BCUT2D eigenvalue weighted by Gasteiger charge is -2.08. The molecule has 0 heterocycles. The van der Waals surface area contributed by atoms with E-state index in [2.05, 4.69) is 0 Å². The van der Waals surface area contributed by atoms with Crippen LogP contribution in [0, 0.1) is 0 Å². The third-order valence-corrected chi connectivity index (χ3v) is 2.76. The Labute approximate surface area is 112 Å². The van der Waals surface area contributed by atoms with Gasteiger partial charge in [-0.2, -0.15) is 0 Å². The lowest BCUT2D eigenvalue weighted by atomic mass is 10.0. The van der Waals surface area contributed by atoms with E-state index in [0.29, 0.717) is 18.6 Å². The first-order valence-corrected chi connectivity index (χ1v) is 6.23. The standard InChI is InChI=1S/C16H16O3/c17-8-3-9-19-16-7-2-6-15(11-16)14-5-1-4-13(10-14)12-18/h1-2,4-7,10-12,17H,3,8-9H2. The van der Waals surface area contributed by atoms with E-state index in [1.807, 2.05) is 42.5 Å². The van der Waals surface area contributed by atoms with E-state index in [0.717, 1.165) is 23.2 Å². The molecule has 19 heavy (non-hydrogen) atoms. The van der Waals surface area contributed by atoms with Crippen LogP contribution in [0.15, 0.2) is 48.5 Å². The van der Waals surface area contributed by atoms with E-state index in [-0.39, 0.29) is 6.61 Å². The number of ether oxygens (including phenoxy) is 1. The van der Waals surface area contributed by atoms with E-state index in [4.69, 9.17) is 9.84 Å². The number of carbonyl (C=O) groups excluding carboxylic acids is 1. The molecule has 98 valence electrons. The monoisotopic (exact) mass is 256 g/mol. The van der Waals surface area contributed by atoms with Crippen LogP contribution in [0.25, 0.3) is 11.1 Å². The second-order valence-corrected chi connectivity index (χ2v) is 4.20. The molecule has 0 spiro atoms. The van der Waals surface area contributed by atoms with Crippen LogP contribution in [0.2, 0.25) is 0 Å². The smallest absolute Gasteiger partial charge is 0.150 e. The summed E-state index contributed by atoms with van der Waals surface area (Å²) in [4.78, 5) is 10.8. The number of aldehydes is 1. The maximum atomic E-state index is 10.8. The summed E-state index contributed by atoms with van der Waals surface area (Å²) >= 11 is 0. The van der Waals surface area contributed by atoms with Gasteiger partial charge in [-0.1, -0.05) is 30.3 Å². The molecule has 3 nitrogen and oxygen atoms in total. The van der Waals surface area contributed by atoms with Gasteiger partial charge in [0.2, 0.25) is 0 Å². The molecule has 1 N–H and O–H groups in total. The van der Waals surface area contributed by atoms with E-state index in [1.54, 1.807) is 6.07 Å². The minimum Gasteiger partial charge on any atom is -0.493 e. The van der Waals surface area contributed by atoms with Crippen molar-refractivity contribution in [2.24, 2.45) is 0 Å². The van der Waals surface area contributed by atoms with Crippen LogP contribution >= 0.6 is 0 Å². The van der Waals surface area contributed by atoms with Gasteiger partial charge in [0.1, 0.15) is 12.0 Å². The first-order valence-electron chi connectivity index (χ1n) is 6.23. The molecule has 0 fully saturated rings. The Morgan fingerprint density at radius 2 is 1.79 bits per heavy atom. The topological polar surface area (TPSA) is 46.5 Å². The Balaban J connectivity index is 2.19. The molecule has 0 bridgehead atoms. The Hall–Kier alpha value is -2.13. The summed E-state index contributed by atoms with van der Waals surface area (Å²) in [6.45, 7) is 0.620. The van der Waals surface area contributed by atoms with Crippen molar-refractivity contribution in [1.82, 2.24) is 0 Å². The maximum Gasteiger partial charge on any atom is 0.150 e. The minimum atomic E-state index is 0.126. The van der Waals surface area contributed by atoms with Crippen LogP contribution in [0.4, 0.5) is 0 Å². The normalized spacial score (nSPS) is 10.2. The quantitative estimate of drug-likeness (QED) is 0.638. The highest BCUT2D eigenvalue weighted by Gasteiger charge is 2.01. The van der Waals surface area contributed by atoms with Gasteiger partial charge in [0.15, 0.2) is 0 Å². The summed E-state index contributed by atoms with van der Waals surface area (Å²) in [5, 5.41) is 8.72. The predicted molar refractivity (Wildman–Crippen MR) is 74.5 cm³/mol. The summed E-state index contributed by atoms with van der Waals surface area (Å²) in [7, 11) is 0. The van der Waals surface area contributed by atoms with Gasteiger partial charge < -0.3 is 9.84 Å². The fourth-order valence-corrected chi connectivity index (χ4v) is 1.81. The third-order valence-electron chi connectivity index (χ3n) is 2.76. The van der Waals surface area contributed by atoms with E-state index < -0.39 is 0 Å². The van der Waals surface area contributed by atoms with Gasteiger partial charge in [-0.15, -0.1) is 0 Å². The van der Waals surface area contributed by atoms with Gasteiger partial charge in [0.25, 0.3) is 0 Å². The van der Waals surface area contributed by atoms with Crippen molar-refractivity contribution in [2.45, 2.75) is 6.42 Å². The average Bonchev–Trinajstić information content (AvgIpc) is 2.48. The Morgan fingerprint density at radius 1 is 1.05 bits per heavy atom. The summed E-state index contributed by atoms with van der Waals surface area (Å²) < 4.78 is 5.54. The molecule has 0 aliphatic carbocycles. The van der Waals surface area contributed by atoms with Gasteiger partial charge in [-0.05, 0) is 29.3 Å². The molecule has 2 aromatic rings. The molecule has 0 aliphatic heterocycles. The first kappa shape index (κ1) is 13.3. The van der Waals surface area contributed by atoms with Crippen molar-refractivity contribution in [1.29, 1.82) is 0 Å². The summed E-state index contributed by atoms with van der Waals surface area (Å²) in [6, 6.07) is 15.1. The lowest BCUT2D eigenvalue weighted by Crippen LogP contribution is -1.99. The molecule has 0 atom stereocenters. The predicted octanol–water partition coefficient (Wildman–Crippen LogP) is 2.93. The van der Waals surface area contributed by atoms with Crippen molar-refractivity contribution in [3.63, 3.8) is 0 Å². The molecule has 0 aromatic heterocycles. The Bertz CT molecular complexity index is 549. The largest absolute Gasteiger partial charge is 0.493 e. The molecular weight excluding hydrogens is 240 g/mol. The molecule has 0 unspecified atom stereocenters. The van der Waals surface area contributed by atoms with Crippen molar-refractivity contribution in [3.05, 3.63) is 54.1 Å². The van der Waals surface area contributed by atoms with Crippen LogP contribution in [0.5, 0.6) is 5.75 Å². The van der Waals surface area contributed by atoms with Gasteiger partial charge in [-0.3, -0.25) is 4.79 Å². The van der Waals surface area contributed by atoms with Crippen LogP contribution in [0.3, 0.4) is 0 Å². The molecule has 2 rings (SSSR count). The number of rotatable bonds is 6. The zero-order valence-corrected chi connectivity index (χ0v) is 10.6. The molecule has 3 heteroatoms. The first-order chi connectivity index (χ1) is 9.33. The molecule has 0 radical (unpaired) electrons. The van der Waals surface area contributed by atoms with Gasteiger partial charge in [0, 0.05) is 18.6 Å². The van der Waals surface area contributed by atoms with Crippen LogP contribution < -0.4 is 4.74 Å². The van der Waals surface area contributed by atoms with E-state index in [9.17, 15) is 4.79 Å². The summed E-state index contributed by atoms with van der Waals surface area (Å²) in [6.07, 6.45) is 1.45. The lowest BCUT2D eigenvalue weighted by molar-refractivity contribution is 0.112. The highest BCUT2D eigenvalue weighted by atomic mass is 16.5. The van der Waals surface area contributed by atoms with Crippen LogP contribution in [0.1, 0.15) is 16.8 Å². The highest BCUT2D eigenvalue weighted by Crippen LogP contribution is 2.24. The second-order valence-electron chi connectivity index (χ2n) is 4.20. The van der Waals surface area contributed by atoms with Crippen molar-refractivity contribution in [2.75, 3.05) is 13.2 Å². The molecular formula is C16H16O3. The molecule has 0 aliphatic rings.